The second kappa shape index (κ2) is 5.27. The molecule has 0 saturated heterocycles. The maximum Gasteiger partial charge on any atom is 0.234 e. The monoisotopic (exact) mass is 288 g/mol. The van der Waals surface area contributed by atoms with Crippen molar-refractivity contribution in [2.45, 2.75) is 6.61 Å². The van der Waals surface area contributed by atoms with Crippen LogP contribution in [0.2, 0.25) is 5.02 Å². The molecule has 0 unspecified atom stereocenters. The third-order valence-electron chi connectivity index (χ3n) is 2.79. The van der Waals surface area contributed by atoms with Crippen molar-refractivity contribution in [3.8, 4) is 23.4 Å². The van der Waals surface area contributed by atoms with E-state index < -0.39 is 0 Å². The summed E-state index contributed by atoms with van der Waals surface area (Å²) < 4.78 is 16.1. The molecule has 1 aromatic heterocycles. The highest BCUT2D eigenvalue weighted by molar-refractivity contribution is 6.32. The Morgan fingerprint density at radius 2 is 2.15 bits per heavy atom. The highest BCUT2D eigenvalue weighted by atomic mass is 35.5. The third-order valence-corrected chi connectivity index (χ3v) is 3.16. The standard InChI is InChI=1S/C14H9ClN2O3/c15-13-10(6-16)3-4-17-14(13)18-7-9-1-2-11-12(5-9)20-8-19-11/h1-5H,7-8H2. The van der Waals surface area contributed by atoms with Crippen LogP contribution in [0, 0.1) is 11.3 Å². The van der Waals surface area contributed by atoms with E-state index in [4.69, 9.17) is 31.1 Å². The van der Waals surface area contributed by atoms with Gasteiger partial charge in [0.1, 0.15) is 17.7 Å². The Bertz CT molecular complexity index is 697. The van der Waals surface area contributed by atoms with Crippen molar-refractivity contribution < 1.29 is 14.2 Å². The van der Waals surface area contributed by atoms with Gasteiger partial charge >= 0.3 is 0 Å². The van der Waals surface area contributed by atoms with Crippen molar-refractivity contribution in [1.82, 2.24) is 4.98 Å². The summed E-state index contributed by atoms with van der Waals surface area (Å²) in [6.45, 7) is 0.509. The first-order chi connectivity index (χ1) is 9.78. The number of aromatic nitrogens is 1. The molecule has 2 aromatic rings. The van der Waals surface area contributed by atoms with Crippen molar-refractivity contribution >= 4 is 11.6 Å². The fourth-order valence-electron chi connectivity index (χ4n) is 1.79. The van der Waals surface area contributed by atoms with E-state index in [1.165, 1.54) is 12.3 Å². The molecular weight excluding hydrogens is 280 g/mol. The summed E-state index contributed by atoms with van der Waals surface area (Å²) in [5, 5.41) is 9.10. The molecular formula is C14H9ClN2O3. The number of hydrogen-bond donors (Lipinski definition) is 0. The second-order valence-corrected chi connectivity index (χ2v) is 4.44. The molecule has 0 radical (unpaired) electrons. The Morgan fingerprint density at radius 3 is 3.00 bits per heavy atom. The smallest absolute Gasteiger partial charge is 0.234 e. The first-order valence-electron chi connectivity index (χ1n) is 5.84. The summed E-state index contributed by atoms with van der Waals surface area (Å²) in [5.41, 5.74) is 1.23. The van der Waals surface area contributed by atoms with E-state index in [1.54, 1.807) is 0 Å². The fourth-order valence-corrected chi connectivity index (χ4v) is 2.00. The number of nitriles is 1. The van der Waals surface area contributed by atoms with Crippen LogP contribution >= 0.6 is 11.6 Å². The number of benzene rings is 1. The maximum absolute atomic E-state index is 8.89. The van der Waals surface area contributed by atoms with Gasteiger partial charge in [-0.2, -0.15) is 5.26 Å². The van der Waals surface area contributed by atoms with Crippen LogP contribution in [0.25, 0.3) is 0 Å². The zero-order valence-corrected chi connectivity index (χ0v) is 11.1. The summed E-state index contributed by atoms with van der Waals surface area (Å²) in [4.78, 5) is 4.01. The predicted molar refractivity (Wildman–Crippen MR) is 70.9 cm³/mol. The molecule has 1 aliphatic heterocycles. The minimum absolute atomic E-state index is 0.218. The number of halogens is 1. The van der Waals surface area contributed by atoms with Crippen molar-refractivity contribution in [3.63, 3.8) is 0 Å². The van der Waals surface area contributed by atoms with Crippen LogP contribution in [0.4, 0.5) is 0 Å². The van der Waals surface area contributed by atoms with E-state index in [-0.39, 0.29) is 24.3 Å². The van der Waals surface area contributed by atoms with E-state index in [0.717, 1.165) is 11.3 Å². The van der Waals surface area contributed by atoms with Gasteiger partial charge in [0.05, 0.1) is 5.56 Å². The van der Waals surface area contributed by atoms with Crippen LogP contribution < -0.4 is 14.2 Å². The van der Waals surface area contributed by atoms with Gasteiger partial charge in [-0.05, 0) is 23.8 Å². The lowest BCUT2D eigenvalue weighted by molar-refractivity contribution is 0.174. The fraction of sp³-hybridized carbons (Fsp3) is 0.143. The highest BCUT2D eigenvalue weighted by Crippen LogP contribution is 2.33. The maximum atomic E-state index is 8.89. The lowest BCUT2D eigenvalue weighted by Gasteiger charge is -2.08. The number of fused-ring (bicyclic) bond motifs is 1. The van der Waals surface area contributed by atoms with Crippen LogP contribution in [0.5, 0.6) is 17.4 Å². The van der Waals surface area contributed by atoms with Gasteiger partial charge in [0.15, 0.2) is 11.5 Å². The Hall–Kier alpha value is -2.45. The molecule has 1 aliphatic rings. The van der Waals surface area contributed by atoms with Gasteiger partial charge in [-0.15, -0.1) is 0 Å². The average molecular weight is 289 g/mol. The molecule has 20 heavy (non-hydrogen) atoms. The lowest BCUT2D eigenvalue weighted by atomic mass is 10.2. The third kappa shape index (κ3) is 2.33. The summed E-state index contributed by atoms with van der Waals surface area (Å²) in [6.07, 6.45) is 1.49. The van der Waals surface area contributed by atoms with E-state index in [9.17, 15) is 0 Å². The molecule has 0 saturated carbocycles. The van der Waals surface area contributed by atoms with Gasteiger partial charge in [0.2, 0.25) is 12.7 Å². The SMILES string of the molecule is N#Cc1ccnc(OCc2ccc3c(c2)OCO3)c1Cl. The minimum atomic E-state index is 0.218. The Kier molecular flexibility index (Phi) is 3.32. The number of ether oxygens (including phenoxy) is 3. The first kappa shape index (κ1) is 12.6. The van der Waals surface area contributed by atoms with Crippen LogP contribution in [-0.2, 0) is 6.61 Å². The number of nitrogens with zero attached hydrogens (tertiary/aromatic N) is 2. The molecule has 0 amide bonds. The van der Waals surface area contributed by atoms with E-state index in [0.29, 0.717) is 11.3 Å². The topological polar surface area (TPSA) is 64.4 Å². The van der Waals surface area contributed by atoms with Crippen LogP contribution in [-0.4, -0.2) is 11.8 Å². The van der Waals surface area contributed by atoms with Crippen molar-refractivity contribution in [3.05, 3.63) is 46.6 Å². The van der Waals surface area contributed by atoms with Crippen molar-refractivity contribution in [2.24, 2.45) is 0 Å². The van der Waals surface area contributed by atoms with Gasteiger partial charge in [0, 0.05) is 6.20 Å². The van der Waals surface area contributed by atoms with Crippen LogP contribution in [0.15, 0.2) is 30.5 Å². The predicted octanol–water partition coefficient (Wildman–Crippen LogP) is 2.91. The first-order valence-corrected chi connectivity index (χ1v) is 6.21. The largest absolute Gasteiger partial charge is 0.472 e. The zero-order chi connectivity index (χ0) is 13.9. The highest BCUT2D eigenvalue weighted by Gasteiger charge is 2.14. The molecule has 1 aromatic carbocycles. The van der Waals surface area contributed by atoms with E-state index in [1.807, 2.05) is 24.3 Å². The van der Waals surface area contributed by atoms with Gasteiger partial charge in [-0.25, -0.2) is 4.98 Å². The van der Waals surface area contributed by atoms with Crippen LogP contribution in [0.1, 0.15) is 11.1 Å². The number of rotatable bonds is 3. The number of hydrogen-bond acceptors (Lipinski definition) is 5. The zero-order valence-electron chi connectivity index (χ0n) is 10.3. The second-order valence-electron chi connectivity index (χ2n) is 4.07. The molecule has 0 aliphatic carbocycles. The molecule has 0 N–H and O–H groups in total. The molecule has 0 spiro atoms. The van der Waals surface area contributed by atoms with Crippen molar-refractivity contribution in [2.75, 3.05) is 6.79 Å². The van der Waals surface area contributed by atoms with E-state index >= 15 is 0 Å². The number of pyridine rings is 1. The van der Waals surface area contributed by atoms with Crippen molar-refractivity contribution in [1.29, 1.82) is 5.26 Å². The van der Waals surface area contributed by atoms with Gasteiger partial charge in [0.25, 0.3) is 0 Å². The molecule has 2 heterocycles. The molecule has 5 nitrogen and oxygen atoms in total. The molecule has 6 heteroatoms. The summed E-state index contributed by atoms with van der Waals surface area (Å²) in [5.74, 6) is 1.65. The molecule has 3 rings (SSSR count). The lowest BCUT2D eigenvalue weighted by Crippen LogP contribution is -1.98. The Labute approximate surface area is 120 Å². The summed E-state index contributed by atoms with van der Waals surface area (Å²) >= 11 is 6.01. The van der Waals surface area contributed by atoms with Gasteiger partial charge in [-0.3, -0.25) is 0 Å². The Morgan fingerprint density at radius 1 is 1.30 bits per heavy atom. The molecule has 0 bridgehead atoms. The van der Waals surface area contributed by atoms with Gasteiger partial charge < -0.3 is 14.2 Å². The summed E-state index contributed by atoms with van der Waals surface area (Å²) in [7, 11) is 0. The van der Waals surface area contributed by atoms with Crippen LogP contribution in [0.3, 0.4) is 0 Å². The molecule has 100 valence electrons. The molecule has 0 atom stereocenters. The van der Waals surface area contributed by atoms with Gasteiger partial charge in [-0.1, -0.05) is 17.7 Å². The Balaban J connectivity index is 1.76. The molecule has 0 fully saturated rings. The normalized spacial score (nSPS) is 12.0. The van der Waals surface area contributed by atoms with E-state index in [2.05, 4.69) is 4.98 Å². The summed E-state index contributed by atoms with van der Waals surface area (Å²) in [6, 6.07) is 9.05. The quantitative estimate of drug-likeness (QED) is 0.869. The minimum Gasteiger partial charge on any atom is -0.472 e. The average Bonchev–Trinajstić information content (AvgIpc) is 2.93.